The van der Waals surface area contributed by atoms with Crippen molar-refractivity contribution in [1.29, 1.82) is 0 Å². The number of rotatable bonds is 8. The van der Waals surface area contributed by atoms with Gasteiger partial charge >= 0.3 is 0 Å². The van der Waals surface area contributed by atoms with Crippen LogP contribution >= 0.6 is 0 Å². The third kappa shape index (κ3) is 10.7. The summed E-state index contributed by atoms with van der Waals surface area (Å²) in [5.41, 5.74) is 1.22. The average molecular weight is 296 g/mol. The summed E-state index contributed by atoms with van der Waals surface area (Å²) in [5.74, 6) is 11.7. The van der Waals surface area contributed by atoms with Crippen molar-refractivity contribution in [3.05, 3.63) is 48.0 Å². The highest BCUT2D eigenvalue weighted by atomic mass is 16.5. The van der Waals surface area contributed by atoms with E-state index in [1.807, 2.05) is 30.4 Å². The summed E-state index contributed by atoms with van der Waals surface area (Å²) in [6.45, 7) is 1.42. The molecule has 0 saturated carbocycles. The van der Waals surface area contributed by atoms with Gasteiger partial charge in [-0.1, -0.05) is 60.2 Å². The number of ether oxygens (including phenoxy) is 1. The van der Waals surface area contributed by atoms with Crippen molar-refractivity contribution in [3.8, 4) is 23.7 Å². The van der Waals surface area contributed by atoms with Gasteiger partial charge in [0.25, 0.3) is 0 Å². The quantitative estimate of drug-likeness (QED) is 0.450. The Bertz CT molecular complexity index is 524. The summed E-state index contributed by atoms with van der Waals surface area (Å²) in [4.78, 5) is 0. The van der Waals surface area contributed by atoms with Gasteiger partial charge in [-0.3, -0.25) is 0 Å². The zero-order valence-corrected chi connectivity index (χ0v) is 13.1. The molecule has 0 amide bonds. The van der Waals surface area contributed by atoms with Crippen LogP contribution in [0.3, 0.4) is 0 Å². The second-order valence-electron chi connectivity index (χ2n) is 4.74. The van der Waals surface area contributed by atoms with Gasteiger partial charge in [0.1, 0.15) is 6.61 Å². The molecule has 2 heteroatoms. The summed E-state index contributed by atoms with van der Waals surface area (Å²) in [6.07, 6.45) is 8.50. The standard InChI is InChI=1S/C20H24O2/c21-17-13-8-6-4-2-1-3-5-7-9-14-18-22-19-20-15-11-10-12-16-20/h2,4,10-12,15-16,21H,1,6-7,9,14,17-19H2/b4-2+. The van der Waals surface area contributed by atoms with E-state index in [9.17, 15) is 0 Å². The van der Waals surface area contributed by atoms with Crippen LogP contribution in [0, 0.1) is 23.7 Å². The van der Waals surface area contributed by atoms with Gasteiger partial charge in [-0.2, -0.15) is 0 Å². The maximum atomic E-state index is 8.47. The van der Waals surface area contributed by atoms with Crippen molar-refractivity contribution < 1.29 is 9.84 Å². The molecule has 22 heavy (non-hydrogen) atoms. The molecule has 0 saturated heterocycles. The molecule has 0 aliphatic rings. The van der Waals surface area contributed by atoms with E-state index >= 15 is 0 Å². The molecule has 0 aromatic heterocycles. The minimum atomic E-state index is -0.0668. The fraction of sp³-hybridized carbons (Fsp3) is 0.400. The molecule has 1 aromatic rings. The maximum Gasteiger partial charge on any atom is 0.104 e. The zero-order valence-electron chi connectivity index (χ0n) is 13.1. The summed E-state index contributed by atoms with van der Waals surface area (Å²) < 4.78 is 5.62. The van der Waals surface area contributed by atoms with Crippen molar-refractivity contribution in [2.45, 2.75) is 38.7 Å². The van der Waals surface area contributed by atoms with E-state index in [0.717, 1.165) is 32.3 Å². The lowest BCUT2D eigenvalue weighted by atomic mass is 10.2. The highest BCUT2D eigenvalue weighted by Gasteiger charge is 1.91. The molecule has 0 bridgehead atoms. The minimum absolute atomic E-state index is 0.0668. The van der Waals surface area contributed by atoms with E-state index < -0.39 is 0 Å². The molecule has 1 aromatic carbocycles. The second kappa shape index (κ2) is 14.0. The molecule has 0 aliphatic heterocycles. The molecule has 0 aliphatic carbocycles. The molecule has 1 rings (SSSR count). The third-order valence-corrected chi connectivity index (χ3v) is 2.89. The van der Waals surface area contributed by atoms with E-state index in [0.29, 0.717) is 13.0 Å². The molecule has 1 N–H and O–H groups in total. The Balaban J connectivity index is 1.92. The van der Waals surface area contributed by atoms with Crippen LogP contribution < -0.4 is 0 Å². The topological polar surface area (TPSA) is 29.5 Å². The Morgan fingerprint density at radius 3 is 2.36 bits per heavy atom. The van der Waals surface area contributed by atoms with E-state index in [2.05, 4.69) is 35.8 Å². The largest absolute Gasteiger partial charge is 0.384 e. The molecule has 0 radical (unpaired) electrons. The van der Waals surface area contributed by atoms with E-state index in [4.69, 9.17) is 9.84 Å². The normalized spacial score (nSPS) is 9.86. The number of hydrogen-bond acceptors (Lipinski definition) is 2. The molecule has 0 heterocycles. The van der Waals surface area contributed by atoms with Crippen molar-refractivity contribution in [3.63, 3.8) is 0 Å². The van der Waals surface area contributed by atoms with Crippen molar-refractivity contribution >= 4 is 0 Å². The first-order valence-corrected chi connectivity index (χ1v) is 7.72. The molecule has 0 unspecified atom stereocenters. The molecule has 0 spiro atoms. The van der Waals surface area contributed by atoms with Crippen molar-refractivity contribution in [2.24, 2.45) is 0 Å². The number of aliphatic hydroxyl groups excluding tert-OH is 1. The van der Waals surface area contributed by atoms with Crippen molar-refractivity contribution in [1.82, 2.24) is 0 Å². The first kappa shape index (κ1) is 18.1. The highest BCUT2D eigenvalue weighted by molar-refractivity contribution is 5.13. The van der Waals surface area contributed by atoms with E-state index in [-0.39, 0.29) is 6.61 Å². The van der Waals surface area contributed by atoms with Crippen LogP contribution in [-0.2, 0) is 11.3 Å². The van der Waals surface area contributed by atoms with Crippen LogP contribution in [0.15, 0.2) is 42.5 Å². The van der Waals surface area contributed by atoms with Gasteiger partial charge in [0.15, 0.2) is 0 Å². The van der Waals surface area contributed by atoms with Crippen LogP contribution in [0.25, 0.3) is 0 Å². The molecular formula is C20H24O2. The second-order valence-corrected chi connectivity index (χ2v) is 4.74. The number of aliphatic hydroxyl groups is 1. The van der Waals surface area contributed by atoms with Gasteiger partial charge in [-0.25, -0.2) is 0 Å². The summed E-state index contributed by atoms with van der Waals surface area (Å²) in [5, 5.41) is 8.47. The predicted molar refractivity (Wildman–Crippen MR) is 91.0 cm³/mol. The van der Waals surface area contributed by atoms with Crippen molar-refractivity contribution in [2.75, 3.05) is 13.2 Å². The van der Waals surface area contributed by atoms with Gasteiger partial charge in [0, 0.05) is 25.9 Å². The smallest absolute Gasteiger partial charge is 0.104 e. The third-order valence-electron chi connectivity index (χ3n) is 2.89. The fourth-order valence-corrected chi connectivity index (χ4v) is 1.75. The predicted octanol–water partition coefficient (Wildman–Crippen LogP) is 3.71. The molecule has 116 valence electrons. The SMILES string of the molecule is OCC#CC/C=C/CC#CCCCCOCc1ccccc1. The summed E-state index contributed by atoms with van der Waals surface area (Å²) >= 11 is 0. The molecule has 0 atom stereocenters. The monoisotopic (exact) mass is 296 g/mol. The van der Waals surface area contributed by atoms with Crippen LogP contribution in [0.2, 0.25) is 0 Å². The summed E-state index contributed by atoms with van der Waals surface area (Å²) in [7, 11) is 0. The highest BCUT2D eigenvalue weighted by Crippen LogP contribution is 2.02. The van der Waals surface area contributed by atoms with E-state index in [1.165, 1.54) is 5.56 Å². The van der Waals surface area contributed by atoms with E-state index in [1.54, 1.807) is 0 Å². The number of allylic oxidation sites excluding steroid dienone is 2. The lowest BCUT2D eigenvalue weighted by Gasteiger charge is -2.02. The first-order valence-electron chi connectivity index (χ1n) is 7.72. The maximum absolute atomic E-state index is 8.47. The number of benzene rings is 1. The van der Waals surface area contributed by atoms with Gasteiger partial charge < -0.3 is 9.84 Å². The lowest BCUT2D eigenvalue weighted by molar-refractivity contribution is 0.117. The Morgan fingerprint density at radius 1 is 0.909 bits per heavy atom. The fourth-order valence-electron chi connectivity index (χ4n) is 1.75. The van der Waals surface area contributed by atoms with Crippen LogP contribution in [0.5, 0.6) is 0 Å². The first-order chi connectivity index (χ1) is 10.9. The average Bonchev–Trinajstić information content (AvgIpc) is 2.56. The number of unbranched alkanes of at least 4 members (excludes halogenated alkanes) is 2. The Morgan fingerprint density at radius 2 is 1.64 bits per heavy atom. The van der Waals surface area contributed by atoms with Gasteiger partial charge in [-0.05, 0) is 18.4 Å². The van der Waals surface area contributed by atoms with Gasteiger partial charge in [0.2, 0.25) is 0 Å². The Kier molecular flexibility index (Phi) is 11.5. The van der Waals surface area contributed by atoms with Crippen LogP contribution in [-0.4, -0.2) is 18.3 Å². The number of hydrogen-bond donors (Lipinski definition) is 1. The van der Waals surface area contributed by atoms with Crippen LogP contribution in [0.4, 0.5) is 0 Å². The molecule has 0 fully saturated rings. The Labute approximate surface area is 134 Å². The van der Waals surface area contributed by atoms with Crippen LogP contribution in [0.1, 0.15) is 37.7 Å². The van der Waals surface area contributed by atoms with Gasteiger partial charge in [0.05, 0.1) is 6.61 Å². The lowest BCUT2D eigenvalue weighted by Crippen LogP contribution is -1.95. The van der Waals surface area contributed by atoms with Gasteiger partial charge in [-0.15, -0.1) is 5.92 Å². The zero-order chi connectivity index (χ0) is 15.7. The summed E-state index contributed by atoms with van der Waals surface area (Å²) in [6, 6.07) is 10.2. The minimum Gasteiger partial charge on any atom is -0.384 e. The Hall–Kier alpha value is -2.00. The molecular weight excluding hydrogens is 272 g/mol. The molecule has 2 nitrogen and oxygen atoms in total.